The molecule has 1 fully saturated rings. The third-order valence-electron chi connectivity index (χ3n) is 3.84. The van der Waals surface area contributed by atoms with Crippen molar-refractivity contribution in [3.63, 3.8) is 0 Å². The first kappa shape index (κ1) is 21.1. The van der Waals surface area contributed by atoms with E-state index in [0.717, 1.165) is 4.47 Å². The van der Waals surface area contributed by atoms with Gasteiger partial charge in [0.1, 0.15) is 12.3 Å². The number of benzene rings is 1. The van der Waals surface area contributed by atoms with E-state index in [0.29, 0.717) is 25.9 Å². The molecule has 0 aromatic heterocycles. The largest absolute Gasteiger partial charge is 0.444 e. The van der Waals surface area contributed by atoms with Gasteiger partial charge in [0, 0.05) is 23.6 Å². The molecule has 1 amide bonds. The number of halogens is 1. The fourth-order valence-electron chi connectivity index (χ4n) is 2.49. The van der Waals surface area contributed by atoms with Crippen molar-refractivity contribution >= 4 is 32.1 Å². The van der Waals surface area contributed by atoms with Crippen molar-refractivity contribution in [1.82, 2.24) is 10.2 Å². The second-order valence-corrected chi connectivity index (χ2v) is 9.65. The number of nitrogens with zero attached hydrogens (tertiary/aromatic N) is 1. The van der Waals surface area contributed by atoms with Crippen LogP contribution in [0.2, 0.25) is 0 Å². The van der Waals surface area contributed by atoms with E-state index in [9.17, 15) is 13.2 Å². The lowest BCUT2D eigenvalue weighted by atomic mass is 10.1. The Labute approximate surface area is 163 Å². The van der Waals surface area contributed by atoms with E-state index < -0.39 is 15.7 Å². The first-order valence-corrected chi connectivity index (χ1v) is 10.6. The summed E-state index contributed by atoms with van der Waals surface area (Å²) in [5, 5.41) is 3.08. The number of amides is 1. The standard InChI is InChI=1S/C17H25BrN2O5S/c1-17(2,3)25-16(21)20-10-8-14(9-11-20)19-12-24-26(22,23)15-6-4-13(18)5-7-15/h4-7,14,19H,8-12H2,1-3H3. The number of carbonyl (C=O) groups is 1. The molecule has 0 aliphatic carbocycles. The molecular weight excluding hydrogens is 424 g/mol. The van der Waals surface area contributed by atoms with E-state index in [1.54, 1.807) is 17.0 Å². The van der Waals surface area contributed by atoms with Crippen molar-refractivity contribution in [2.45, 2.75) is 50.2 Å². The SMILES string of the molecule is CC(C)(C)OC(=O)N1CCC(NCOS(=O)(=O)c2ccc(Br)cc2)CC1. The van der Waals surface area contributed by atoms with Gasteiger partial charge in [0.2, 0.25) is 0 Å². The zero-order chi connectivity index (χ0) is 19.4. The van der Waals surface area contributed by atoms with Crippen LogP contribution >= 0.6 is 15.9 Å². The predicted molar refractivity (Wildman–Crippen MR) is 101 cm³/mol. The summed E-state index contributed by atoms with van der Waals surface area (Å²) in [5.74, 6) is 0. The molecule has 9 heteroatoms. The molecule has 2 rings (SSSR count). The van der Waals surface area contributed by atoms with E-state index >= 15 is 0 Å². The van der Waals surface area contributed by atoms with E-state index in [1.807, 2.05) is 20.8 Å². The minimum absolute atomic E-state index is 0.0915. The van der Waals surface area contributed by atoms with Crippen molar-refractivity contribution in [2.24, 2.45) is 0 Å². The van der Waals surface area contributed by atoms with Gasteiger partial charge in [0.05, 0.1) is 4.90 Å². The van der Waals surface area contributed by atoms with Gasteiger partial charge in [-0.05, 0) is 57.9 Å². The van der Waals surface area contributed by atoms with Gasteiger partial charge in [-0.15, -0.1) is 0 Å². The quantitative estimate of drug-likeness (QED) is 0.550. The van der Waals surface area contributed by atoms with Crippen LogP contribution in [0.1, 0.15) is 33.6 Å². The van der Waals surface area contributed by atoms with Gasteiger partial charge in [0.15, 0.2) is 0 Å². The lowest BCUT2D eigenvalue weighted by Gasteiger charge is -2.33. The maximum Gasteiger partial charge on any atom is 0.410 e. The molecule has 1 aliphatic rings. The first-order valence-electron chi connectivity index (χ1n) is 8.43. The molecule has 1 saturated heterocycles. The Kier molecular flexibility index (Phi) is 7.06. The van der Waals surface area contributed by atoms with E-state index in [2.05, 4.69) is 21.2 Å². The van der Waals surface area contributed by atoms with Gasteiger partial charge in [0.25, 0.3) is 10.1 Å². The van der Waals surface area contributed by atoms with Crippen LogP contribution in [0.4, 0.5) is 4.79 Å². The third kappa shape index (κ3) is 6.53. The fourth-order valence-corrected chi connectivity index (χ4v) is 3.58. The van der Waals surface area contributed by atoms with E-state index in [-0.39, 0.29) is 23.8 Å². The van der Waals surface area contributed by atoms with Crippen LogP contribution in [-0.2, 0) is 19.0 Å². The molecule has 1 aromatic rings. The van der Waals surface area contributed by atoms with Gasteiger partial charge in [-0.2, -0.15) is 8.42 Å². The molecule has 0 unspecified atom stereocenters. The Bertz CT molecular complexity index is 708. The molecule has 1 aliphatic heterocycles. The fraction of sp³-hybridized carbons (Fsp3) is 0.588. The van der Waals surface area contributed by atoms with Crippen molar-refractivity contribution in [2.75, 3.05) is 19.8 Å². The highest BCUT2D eigenvalue weighted by molar-refractivity contribution is 9.10. The summed E-state index contributed by atoms with van der Waals surface area (Å²) in [6, 6.07) is 6.36. The van der Waals surface area contributed by atoms with Crippen LogP contribution < -0.4 is 5.32 Å². The molecule has 1 heterocycles. The summed E-state index contributed by atoms with van der Waals surface area (Å²) >= 11 is 3.26. The van der Waals surface area contributed by atoms with Crippen LogP contribution in [0.25, 0.3) is 0 Å². The van der Waals surface area contributed by atoms with Gasteiger partial charge in [-0.25, -0.2) is 4.79 Å². The summed E-state index contributed by atoms with van der Waals surface area (Å²) < 4.78 is 35.4. The Morgan fingerprint density at radius 2 is 1.81 bits per heavy atom. The van der Waals surface area contributed by atoms with Crippen LogP contribution in [-0.4, -0.2) is 50.9 Å². The Morgan fingerprint density at radius 1 is 1.23 bits per heavy atom. The number of piperidine rings is 1. The van der Waals surface area contributed by atoms with Crippen molar-refractivity contribution in [3.05, 3.63) is 28.7 Å². The number of hydrogen-bond acceptors (Lipinski definition) is 6. The third-order valence-corrected chi connectivity index (χ3v) is 5.64. The average Bonchev–Trinajstić information content (AvgIpc) is 2.54. The van der Waals surface area contributed by atoms with Crippen molar-refractivity contribution in [3.8, 4) is 0 Å². The Balaban J connectivity index is 1.75. The maximum atomic E-state index is 12.1. The van der Waals surface area contributed by atoms with Crippen molar-refractivity contribution < 1.29 is 22.1 Å². The molecule has 26 heavy (non-hydrogen) atoms. The predicted octanol–water partition coefficient (Wildman–Crippen LogP) is 3.10. The molecule has 146 valence electrons. The number of rotatable bonds is 5. The Morgan fingerprint density at radius 3 is 2.35 bits per heavy atom. The molecule has 1 N–H and O–H groups in total. The minimum Gasteiger partial charge on any atom is -0.444 e. The topological polar surface area (TPSA) is 84.9 Å². The van der Waals surface area contributed by atoms with Gasteiger partial charge < -0.3 is 9.64 Å². The smallest absolute Gasteiger partial charge is 0.410 e. The van der Waals surface area contributed by atoms with Crippen molar-refractivity contribution in [1.29, 1.82) is 0 Å². The monoisotopic (exact) mass is 448 g/mol. The number of hydrogen-bond donors (Lipinski definition) is 1. The molecule has 0 saturated carbocycles. The minimum atomic E-state index is -3.79. The molecule has 0 atom stereocenters. The highest BCUT2D eigenvalue weighted by atomic mass is 79.9. The van der Waals surface area contributed by atoms with E-state index in [4.69, 9.17) is 8.92 Å². The number of carbonyl (C=O) groups excluding carboxylic acids is 1. The normalized spacial score (nSPS) is 16.5. The van der Waals surface area contributed by atoms with Gasteiger partial charge >= 0.3 is 6.09 Å². The van der Waals surface area contributed by atoms with Gasteiger partial charge in [-0.1, -0.05) is 15.9 Å². The van der Waals surface area contributed by atoms with Gasteiger partial charge in [-0.3, -0.25) is 9.50 Å². The molecule has 0 bridgehead atoms. The zero-order valence-electron chi connectivity index (χ0n) is 15.2. The number of ether oxygens (including phenoxy) is 1. The highest BCUT2D eigenvalue weighted by Gasteiger charge is 2.27. The maximum absolute atomic E-state index is 12.1. The number of likely N-dealkylation sites (tertiary alicyclic amines) is 1. The molecule has 1 aromatic carbocycles. The second kappa shape index (κ2) is 8.69. The second-order valence-electron chi connectivity index (χ2n) is 7.12. The molecule has 7 nitrogen and oxygen atoms in total. The first-order chi connectivity index (χ1) is 12.1. The lowest BCUT2D eigenvalue weighted by Crippen LogP contribution is -2.47. The zero-order valence-corrected chi connectivity index (χ0v) is 17.6. The summed E-state index contributed by atoms with van der Waals surface area (Å²) in [5.41, 5.74) is -0.512. The summed E-state index contributed by atoms with van der Waals surface area (Å²) in [7, 11) is -3.79. The lowest BCUT2D eigenvalue weighted by molar-refractivity contribution is 0.0194. The van der Waals surface area contributed by atoms with Crippen LogP contribution in [0.3, 0.4) is 0 Å². The summed E-state index contributed by atoms with van der Waals surface area (Å²) in [4.78, 5) is 13.8. The van der Waals surface area contributed by atoms with E-state index in [1.165, 1.54) is 12.1 Å². The summed E-state index contributed by atoms with van der Waals surface area (Å²) in [6.45, 7) is 6.53. The Hall–Kier alpha value is -1.16. The summed E-state index contributed by atoms with van der Waals surface area (Å²) in [6.07, 6.45) is 1.10. The molecule has 0 radical (unpaired) electrons. The van der Waals surface area contributed by atoms with Crippen LogP contribution in [0, 0.1) is 0 Å². The van der Waals surface area contributed by atoms with Crippen LogP contribution in [0.15, 0.2) is 33.6 Å². The number of nitrogens with one attached hydrogen (secondary N) is 1. The highest BCUT2D eigenvalue weighted by Crippen LogP contribution is 2.18. The average molecular weight is 449 g/mol. The molecular formula is C17H25BrN2O5S. The molecule has 0 spiro atoms. The van der Waals surface area contributed by atoms with Crippen LogP contribution in [0.5, 0.6) is 0 Å².